The Kier molecular flexibility index (Phi) is 3.08. The standard InChI is InChI=1S/C15H19NO2/c17-15(18)14-12-6-7-13(14)10-16(9-12)8-11-4-2-1-3-5-11/h1-5,12-14H,6-10H2,(H,17,18)/t12-,13-/m0/s1. The molecule has 1 saturated heterocycles. The largest absolute Gasteiger partial charge is 0.481 e. The summed E-state index contributed by atoms with van der Waals surface area (Å²) in [6.45, 7) is 2.85. The number of carboxylic acid groups (broad SMARTS) is 1. The molecule has 0 amide bonds. The van der Waals surface area contributed by atoms with Crippen molar-refractivity contribution in [1.82, 2.24) is 4.90 Å². The molecule has 0 spiro atoms. The first kappa shape index (κ1) is 11.7. The van der Waals surface area contributed by atoms with Crippen molar-refractivity contribution in [3.05, 3.63) is 35.9 Å². The number of nitrogens with zero attached hydrogens (tertiary/aromatic N) is 1. The number of rotatable bonds is 3. The molecule has 2 aliphatic rings. The van der Waals surface area contributed by atoms with Gasteiger partial charge in [-0.1, -0.05) is 30.3 Å². The smallest absolute Gasteiger partial charge is 0.307 e. The highest BCUT2D eigenvalue weighted by Gasteiger charge is 2.45. The zero-order valence-electron chi connectivity index (χ0n) is 10.5. The van der Waals surface area contributed by atoms with Crippen LogP contribution >= 0.6 is 0 Å². The second kappa shape index (κ2) is 4.73. The van der Waals surface area contributed by atoms with E-state index < -0.39 is 5.97 Å². The van der Waals surface area contributed by atoms with Crippen LogP contribution < -0.4 is 0 Å². The predicted octanol–water partition coefficient (Wildman–Crippen LogP) is 2.23. The molecule has 2 fully saturated rings. The maximum atomic E-state index is 11.3. The summed E-state index contributed by atoms with van der Waals surface area (Å²) in [5, 5.41) is 9.28. The van der Waals surface area contributed by atoms with Crippen LogP contribution in [-0.2, 0) is 11.3 Å². The van der Waals surface area contributed by atoms with Gasteiger partial charge in [-0.3, -0.25) is 9.69 Å². The molecule has 1 saturated carbocycles. The number of piperidine rings is 1. The average molecular weight is 245 g/mol. The zero-order valence-corrected chi connectivity index (χ0v) is 10.5. The summed E-state index contributed by atoms with van der Waals surface area (Å²) < 4.78 is 0. The van der Waals surface area contributed by atoms with Gasteiger partial charge in [0.2, 0.25) is 0 Å². The molecule has 3 rings (SSSR count). The van der Waals surface area contributed by atoms with Crippen LogP contribution in [0.5, 0.6) is 0 Å². The summed E-state index contributed by atoms with van der Waals surface area (Å²) in [6, 6.07) is 10.4. The Morgan fingerprint density at radius 1 is 1.17 bits per heavy atom. The maximum absolute atomic E-state index is 11.3. The minimum Gasteiger partial charge on any atom is -0.481 e. The van der Waals surface area contributed by atoms with E-state index in [1.807, 2.05) is 6.07 Å². The van der Waals surface area contributed by atoms with E-state index in [9.17, 15) is 9.90 Å². The molecule has 1 heterocycles. The van der Waals surface area contributed by atoms with E-state index in [0.29, 0.717) is 11.8 Å². The molecular formula is C15H19NO2. The van der Waals surface area contributed by atoms with Crippen molar-refractivity contribution in [1.29, 1.82) is 0 Å². The van der Waals surface area contributed by atoms with Crippen molar-refractivity contribution in [3.63, 3.8) is 0 Å². The van der Waals surface area contributed by atoms with E-state index in [-0.39, 0.29) is 5.92 Å². The number of aliphatic carboxylic acids is 1. The molecule has 1 aromatic carbocycles. The minimum absolute atomic E-state index is 0.0861. The third-order valence-electron chi connectivity index (χ3n) is 4.44. The fourth-order valence-electron chi connectivity index (χ4n) is 3.69. The monoisotopic (exact) mass is 245 g/mol. The molecule has 96 valence electrons. The molecule has 18 heavy (non-hydrogen) atoms. The van der Waals surface area contributed by atoms with Gasteiger partial charge >= 0.3 is 5.97 Å². The van der Waals surface area contributed by atoms with Crippen LogP contribution in [-0.4, -0.2) is 29.1 Å². The number of benzene rings is 1. The fourth-order valence-corrected chi connectivity index (χ4v) is 3.69. The molecule has 0 radical (unpaired) electrons. The lowest BCUT2D eigenvalue weighted by atomic mass is 9.85. The second-order valence-electron chi connectivity index (χ2n) is 5.64. The van der Waals surface area contributed by atoms with E-state index in [2.05, 4.69) is 29.2 Å². The Morgan fingerprint density at radius 2 is 1.78 bits per heavy atom. The van der Waals surface area contributed by atoms with Crippen LogP contribution in [0.2, 0.25) is 0 Å². The zero-order chi connectivity index (χ0) is 12.5. The highest BCUT2D eigenvalue weighted by molar-refractivity contribution is 5.71. The Morgan fingerprint density at radius 3 is 2.33 bits per heavy atom. The number of carbonyl (C=O) groups is 1. The van der Waals surface area contributed by atoms with Gasteiger partial charge in [0.05, 0.1) is 5.92 Å². The molecule has 0 aromatic heterocycles. The van der Waals surface area contributed by atoms with E-state index in [1.165, 1.54) is 5.56 Å². The Labute approximate surface area is 107 Å². The number of carboxylic acids is 1. The molecule has 3 heteroatoms. The van der Waals surface area contributed by atoms with Gasteiger partial charge in [0.15, 0.2) is 0 Å². The van der Waals surface area contributed by atoms with Gasteiger partial charge in [-0.25, -0.2) is 0 Å². The van der Waals surface area contributed by atoms with Crippen LogP contribution in [0.4, 0.5) is 0 Å². The van der Waals surface area contributed by atoms with Crippen molar-refractivity contribution in [2.75, 3.05) is 13.1 Å². The fraction of sp³-hybridized carbons (Fsp3) is 0.533. The molecule has 1 aliphatic carbocycles. The summed E-state index contributed by atoms with van der Waals surface area (Å²) in [7, 11) is 0. The summed E-state index contributed by atoms with van der Waals surface area (Å²) in [5.74, 6) is 0.0637. The van der Waals surface area contributed by atoms with Crippen LogP contribution in [0.15, 0.2) is 30.3 Å². The molecule has 1 aromatic rings. The number of hydrogen-bond donors (Lipinski definition) is 1. The number of likely N-dealkylation sites (tertiary alicyclic amines) is 1. The lowest BCUT2D eigenvalue weighted by molar-refractivity contribution is -0.146. The SMILES string of the molecule is O=C(O)C1[C@H]2CC[C@H]1CN(Cc1ccccc1)C2. The van der Waals surface area contributed by atoms with Gasteiger partial charge < -0.3 is 5.11 Å². The Balaban J connectivity index is 1.67. The Hall–Kier alpha value is -1.35. The lowest BCUT2D eigenvalue weighted by Gasteiger charge is -2.36. The molecule has 0 unspecified atom stereocenters. The third kappa shape index (κ3) is 2.15. The maximum Gasteiger partial charge on any atom is 0.307 e. The van der Waals surface area contributed by atoms with Gasteiger partial charge in [0.1, 0.15) is 0 Å². The second-order valence-corrected chi connectivity index (χ2v) is 5.64. The molecule has 3 nitrogen and oxygen atoms in total. The summed E-state index contributed by atoms with van der Waals surface area (Å²) >= 11 is 0. The number of fused-ring (bicyclic) bond motifs is 2. The number of hydrogen-bond acceptors (Lipinski definition) is 2. The summed E-state index contributed by atoms with van der Waals surface area (Å²) in [4.78, 5) is 13.7. The highest BCUT2D eigenvalue weighted by atomic mass is 16.4. The first-order chi connectivity index (χ1) is 8.74. The minimum atomic E-state index is -0.582. The van der Waals surface area contributed by atoms with Crippen molar-refractivity contribution in [2.24, 2.45) is 17.8 Å². The molecule has 1 aliphatic heterocycles. The van der Waals surface area contributed by atoms with Gasteiger partial charge in [-0.15, -0.1) is 0 Å². The lowest BCUT2D eigenvalue weighted by Crippen LogP contribution is -2.44. The van der Waals surface area contributed by atoms with E-state index >= 15 is 0 Å². The van der Waals surface area contributed by atoms with Crippen molar-refractivity contribution < 1.29 is 9.90 Å². The van der Waals surface area contributed by atoms with Crippen LogP contribution in [0.25, 0.3) is 0 Å². The van der Waals surface area contributed by atoms with Crippen molar-refractivity contribution in [2.45, 2.75) is 19.4 Å². The Bertz CT molecular complexity index is 417. The van der Waals surface area contributed by atoms with Gasteiger partial charge in [0.25, 0.3) is 0 Å². The summed E-state index contributed by atoms with van der Waals surface area (Å²) in [6.07, 6.45) is 2.18. The topological polar surface area (TPSA) is 40.5 Å². The van der Waals surface area contributed by atoms with Crippen molar-refractivity contribution >= 4 is 5.97 Å². The summed E-state index contributed by atoms with van der Waals surface area (Å²) in [5.41, 5.74) is 1.32. The molecule has 1 N–H and O–H groups in total. The quantitative estimate of drug-likeness (QED) is 0.887. The first-order valence-electron chi connectivity index (χ1n) is 6.73. The first-order valence-corrected chi connectivity index (χ1v) is 6.73. The van der Waals surface area contributed by atoms with E-state index in [1.54, 1.807) is 0 Å². The highest BCUT2D eigenvalue weighted by Crippen LogP contribution is 2.42. The van der Waals surface area contributed by atoms with Crippen LogP contribution in [0, 0.1) is 17.8 Å². The van der Waals surface area contributed by atoms with Crippen molar-refractivity contribution in [3.8, 4) is 0 Å². The third-order valence-corrected chi connectivity index (χ3v) is 4.44. The molecular weight excluding hydrogens is 226 g/mol. The van der Waals surface area contributed by atoms with Crippen LogP contribution in [0.1, 0.15) is 18.4 Å². The predicted molar refractivity (Wildman–Crippen MR) is 69.1 cm³/mol. The van der Waals surface area contributed by atoms with Gasteiger partial charge in [-0.05, 0) is 30.2 Å². The van der Waals surface area contributed by atoms with E-state index in [0.717, 1.165) is 32.5 Å². The van der Waals surface area contributed by atoms with Crippen LogP contribution in [0.3, 0.4) is 0 Å². The van der Waals surface area contributed by atoms with Gasteiger partial charge in [-0.2, -0.15) is 0 Å². The van der Waals surface area contributed by atoms with E-state index in [4.69, 9.17) is 0 Å². The van der Waals surface area contributed by atoms with Gasteiger partial charge in [0, 0.05) is 19.6 Å². The average Bonchev–Trinajstić information content (AvgIpc) is 2.63. The molecule has 2 bridgehead atoms. The normalized spacial score (nSPS) is 31.4. The molecule has 2 atom stereocenters.